The highest BCUT2D eigenvalue weighted by atomic mass is 35.5. The normalized spacial score (nSPS) is 15.0. The van der Waals surface area contributed by atoms with Crippen molar-refractivity contribution in [3.63, 3.8) is 0 Å². The van der Waals surface area contributed by atoms with Crippen molar-refractivity contribution in [3.8, 4) is 11.3 Å². The molecule has 1 amide bonds. The fourth-order valence-electron chi connectivity index (χ4n) is 4.39. The molecule has 0 saturated carbocycles. The molecule has 1 aliphatic rings. The summed E-state index contributed by atoms with van der Waals surface area (Å²) in [5, 5.41) is 4.47. The van der Waals surface area contributed by atoms with Gasteiger partial charge in [0.25, 0.3) is 5.91 Å². The van der Waals surface area contributed by atoms with Crippen molar-refractivity contribution in [1.29, 1.82) is 0 Å². The van der Waals surface area contributed by atoms with Crippen LogP contribution in [-0.4, -0.2) is 56.5 Å². The summed E-state index contributed by atoms with van der Waals surface area (Å²) in [6.07, 6.45) is -4.68. The predicted molar refractivity (Wildman–Crippen MR) is 131 cm³/mol. The Morgan fingerprint density at radius 2 is 1.72 bits per heavy atom. The lowest BCUT2D eigenvalue weighted by molar-refractivity contribution is -0.142. The van der Waals surface area contributed by atoms with Crippen molar-refractivity contribution in [2.24, 2.45) is 0 Å². The van der Waals surface area contributed by atoms with Crippen LogP contribution in [0.5, 0.6) is 0 Å². The Morgan fingerprint density at radius 3 is 2.39 bits per heavy atom. The highest BCUT2D eigenvalue weighted by Gasteiger charge is 2.36. The number of hydrogen-bond donors (Lipinski definition) is 0. The molecule has 0 unspecified atom stereocenters. The van der Waals surface area contributed by atoms with E-state index in [4.69, 9.17) is 11.6 Å². The number of hydrogen-bond acceptors (Lipinski definition) is 4. The summed E-state index contributed by atoms with van der Waals surface area (Å²) in [6, 6.07) is 16.9. The Balaban J connectivity index is 1.37. The molecule has 2 aromatic carbocycles. The lowest BCUT2D eigenvalue weighted by atomic mass is 10.1. The van der Waals surface area contributed by atoms with Crippen molar-refractivity contribution < 1.29 is 18.0 Å². The molecule has 0 atom stereocenters. The van der Waals surface area contributed by atoms with E-state index >= 15 is 0 Å². The Hall–Kier alpha value is -3.43. The van der Waals surface area contributed by atoms with Gasteiger partial charge >= 0.3 is 6.18 Å². The summed E-state index contributed by atoms with van der Waals surface area (Å²) in [5.41, 5.74) is 1.89. The largest absolute Gasteiger partial charge is 0.433 e. The first kappa shape index (κ1) is 24.3. The van der Waals surface area contributed by atoms with E-state index in [-0.39, 0.29) is 17.0 Å². The van der Waals surface area contributed by atoms with Gasteiger partial charge in [-0.15, -0.1) is 0 Å². The molecule has 0 bridgehead atoms. The van der Waals surface area contributed by atoms with Gasteiger partial charge < -0.3 is 4.90 Å². The van der Waals surface area contributed by atoms with Crippen LogP contribution in [0.25, 0.3) is 16.9 Å². The van der Waals surface area contributed by atoms with Gasteiger partial charge in [-0.2, -0.15) is 18.3 Å². The van der Waals surface area contributed by atoms with Gasteiger partial charge in [-0.25, -0.2) is 9.50 Å². The molecule has 1 aliphatic heterocycles. The molecule has 0 radical (unpaired) electrons. The third-order valence-electron chi connectivity index (χ3n) is 6.22. The monoisotopic (exact) mass is 513 g/mol. The Bertz CT molecular complexity index is 1410. The number of alkyl halides is 3. The van der Waals surface area contributed by atoms with Crippen molar-refractivity contribution in [2.75, 3.05) is 26.2 Å². The van der Waals surface area contributed by atoms with Gasteiger partial charge in [0, 0.05) is 49.4 Å². The maximum Gasteiger partial charge on any atom is 0.433 e. The summed E-state index contributed by atoms with van der Waals surface area (Å²) in [6.45, 7) is 5.10. The molecule has 2 aromatic heterocycles. The molecule has 186 valence electrons. The fourth-order valence-corrected chi connectivity index (χ4v) is 4.52. The van der Waals surface area contributed by atoms with Crippen LogP contribution < -0.4 is 0 Å². The first-order valence-corrected chi connectivity index (χ1v) is 11.9. The van der Waals surface area contributed by atoms with E-state index in [1.54, 1.807) is 29.2 Å². The number of benzene rings is 2. The van der Waals surface area contributed by atoms with Crippen LogP contribution in [0.15, 0.2) is 60.7 Å². The van der Waals surface area contributed by atoms with E-state index in [1.807, 2.05) is 19.1 Å². The maximum absolute atomic E-state index is 13.9. The van der Waals surface area contributed by atoms with Gasteiger partial charge in [-0.05, 0) is 30.7 Å². The third-order valence-corrected chi connectivity index (χ3v) is 6.48. The minimum atomic E-state index is -4.68. The Kier molecular flexibility index (Phi) is 6.44. The number of fused-ring (bicyclic) bond motifs is 1. The molecule has 1 saturated heterocycles. The van der Waals surface area contributed by atoms with Crippen LogP contribution in [0, 0.1) is 6.92 Å². The zero-order valence-electron chi connectivity index (χ0n) is 19.5. The lowest BCUT2D eigenvalue weighted by Gasteiger charge is -2.34. The van der Waals surface area contributed by atoms with E-state index < -0.39 is 17.8 Å². The summed E-state index contributed by atoms with van der Waals surface area (Å²) in [5.74, 6) is -0.406. The number of nitrogens with zero attached hydrogens (tertiary/aromatic N) is 5. The van der Waals surface area contributed by atoms with Crippen LogP contribution in [-0.2, 0) is 12.7 Å². The van der Waals surface area contributed by atoms with Crippen molar-refractivity contribution in [2.45, 2.75) is 19.6 Å². The number of halogens is 4. The molecular formula is C26H23ClF3N5O. The molecule has 0 spiro atoms. The highest BCUT2D eigenvalue weighted by Crippen LogP contribution is 2.32. The molecule has 36 heavy (non-hydrogen) atoms. The number of carbonyl (C=O) groups excluding carboxylic acids is 1. The highest BCUT2D eigenvalue weighted by molar-refractivity contribution is 6.30. The minimum absolute atomic E-state index is 0.0452. The van der Waals surface area contributed by atoms with Crippen LogP contribution in [0.3, 0.4) is 0 Å². The van der Waals surface area contributed by atoms with Crippen LogP contribution in [0.4, 0.5) is 13.2 Å². The summed E-state index contributed by atoms with van der Waals surface area (Å²) < 4.78 is 42.3. The van der Waals surface area contributed by atoms with Gasteiger partial charge in [-0.3, -0.25) is 9.69 Å². The van der Waals surface area contributed by atoms with Gasteiger partial charge in [0.2, 0.25) is 0 Å². The van der Waals surface area contributed by atoms with Crippen LogP contribution >= 0.6 is 11.6 Å². The Labute approximate surface area is 210 Å². The third kappa shape index (κ3) is 5.08. The predicted octanol–water partition coefficient (Wildman–Crippen LogP) is 5.33. The molecule has 3 heterocycles. The molecule has 10 heteroatoms. The zero-order valence-corrected chi connectivity index (χ0v) is 20.2. The second kappa shape index (κ2) is 9.55. The van der Waals surface area contributed by atoms with Crippen LogP contribution in [0.1, 0.15) is 27.3 Å². The number of carbonyl (C=O) groups is 1. The van der Waals surface area contributed by atoms with Crippen LogP contribution in [0.2, 0.25) is 5.02 Å². The second-order valence-electron chi connectivity index (χ2n) is 8.89. The number of aromatic nitrogens is 3. The standard InChI is InChI=1S/C26H23ClF3N5O/c1-17-3-2-4-18(13-17)16-33-9-11-34(12-10-33)25(36)22-15-24-31-21(19-5-7-20(27)8-6-19)14-23(26(28,29)30)35(24)32-22/h2-8,13-15H,9-12,16H2,1H3. The van der Waals surface area contributed by atoms with E-state index in [2.05, 4.69) is 27.1 Å². The first-order chi connectivity index (χ1) is 17.2. The van der Waals surface area contributed by atoms with Crippen molar-refractivity contribution in [1.82, 2.24) is 24.4 Å². The number of rotatable bonds is 4. The molecule has 1 fully saturated rings. The van der Waals surface area contributed by atoms with Gasteiger partial charge in [0.1, 0.15) is 0 Å². The summed E-state index contributed by atoms with van der Waals surface area (Å²) in [7, 11) is 0. The molecule has 0 aliphatic carbocycles. The van der Waals surface area contributed by atoms with Gasteiger partial charge in [0.05, 0.1) is 5.69 Å². The zero-order chi connectivity index (χ0) is 25.4. The maximum atomic E-state index is 13.9. The van der Waals surface area contributed by atoms with E-state index in [9.17, 15) is 18.0 Å². The lowest BCUT2D eigenvalue weighted by Crippen LogP contribution is -2.48. The molecule has 0 N–H and O–H groups in total. The molecule has 6 nitrogen and oxygen atoms in total. The second-order valence-corrected chi connectivity index (χ2v) is 9.32. The number of amides is 1. The van der Waals surface area contributed by atoms with E-state index in [1.165, 1.54) is 17.2 Å². The molecule has 5 rings (SSSR count). The first-order valence-electron chi connectivity index (χ1n) is 11.5. The SMILES string of the molecule is Cc1cccc(CN2CCN(C(=O)c3cc4nc(-c5ccc(Cl)cc5)cc(C(F)(F)F)n4n3)CC2)c1. The van der Waals surface area contributed by atoms with E-state index in [0.717, 1.165) is 12.6 Å². The van der Waals surface area contributed by atoms with Crippen molar-refractivity contribution in [3.05, 3.63) is 88.2 Å². The summed E-state index contributed by atoms with van der Waals surface area (Å²) in [4.78, 5) is 21.4. The Morgan fingerprint density at radius 1 is 1.00 bits per heavy atom. The average molecular weight is 514 g/mol. The van der Waals surface area contributed by atoms with Gasteiger partial charge in [0.15, 0.2) is 17.0 Å². The smallest absolute Gasteiger partial charge is 0.335 e. The number of piperazine rings is 1. The quantitative estimate of drug-likeness (QED) is 0.370. The topological polar surface area (TPSA) is 53.7 Å². The van der Waals surface area contributed by atoms with Crippen molar-refractivity contribution >= 4 is 23.2 Å². The minimum Gasteiger partial charge on any atom is -0.335 e. The van der Waals surface area contributed by atoms with E-state index in [0.29, 0.717) is 41.3 Å². The average Bonchev–Trinajstić information content (AvgIpc) is 3.27. The van der Waals surface area contributed by atoms with Gasteiger partial charge in [-0.1, -0.05) is 53.6 Å². The number of aryl methyl sites for hydroxylation is 1. The summed E-state index contributed by atoms with van der Waals surface area (Å²) >= 11 is 5.91. The fraction of sp³-hybridized carbons (Fsp3) is 0.269. The molecule has 4 aromatic rings. The molecular weight excluding hydrogens is 491 g/mol.